The Morgan fingerprint density at radius 3 is 2.58 bits per heavy atom. The minimum Gasteiger partial charge on any atom is -0.315 e. The lowest BCUT2D eigenvalue weighted by atomic mass is 10.0. The number of pyridine rings is 1. The highest BCUT2D eigenvalue weighted by molar-refractivity contribution is 6.14. The highest BCUT2D eigenvalue weighted by atomic mass is 19.1. The molecule has 0 fully saturated rings. The van der Waals surface area contributed by atoms with Crippen LogP contribution in [0.25, 0.3) is 11.8 Å². The summed E-state index contributed by atoms with van der Waals surface area (Å²) in [6, 6.07) is 15.2. The predicted molar refractivity (Wildman–Crippen MR) is 97.4 cm³/mol. The molecule has 0 atom stereocenters. The van der Waals surface area contributed by atoms with Crippen LogP contribution in [0.4, 0.5) is 4.39 Å². The molecule has 0 aliphatic heterocycles. The largest absolute Gasteiger partial charge is 0.315 e. The number of nitrogens with zero attached hydrogens (tertiary/aromatic N) is 3. The van der Waals surface area contributed by atoms with Gasteiger partial charge in [0.15, 0.2) is 0 Å². The minimum atomic E-state index is -0.408. The minimum absolute atomic E-state index is 0.0162. The zero-order valence-electron chi connectivity index (χ0n) is 14.4. The first-order valence-electron chi connectivity index (χ1n) is 8.04. The summed E-state index contributed by atoms with van der Waals surface area (Å²) in [4.78, 5) is 17.0. The third-order valence-corrected chi connectivity index (χ3v) is 4.11. The van der Waals surface area contributed by atoms with E-state index in [0.29, 0.717) is 28.3 Å². The molecule has 2 heterocycles. The molecule has 0 aliphatic carbocycles. The maximum atomic E-state index is 14.2. The van der Waals surface area contributed by atoms with Crippen LogP contribution in [0.2, 0.25) is 0 Å². The lowest BCUT2D eigenvalue weighted by Crippen LogP contribution is -2.06. The van der Waals surface area contributed by atoms with Crippen LogP contribution < -0.4 is 0 Å². The Hall–Kier alpha value is -3.52. The Bertz CT molecular complexity index is 1040. The standard InChI is InChI=1S/C21H16FN3O/c1-14-11-18(15(2)25(14)20-9-4-3-8-19(20)22)21(26)16(13-23)12-17-7-5-6-10-24-17/h3-12H,1-2H3. The van der Waals surface area contributed by atoms with Gasteiger partial charge < -0.3 is 4.57 Å². The molecule has 26 heavy (non-hydrogen) atoms. The van der Waals surface area contributed by atoms with Crippen LogP contribution in [0.15, 0.2) is 60.3 Å². The SMILES string of the molecule is Cc1cc(C(=O)C(C#N)=Cc2ccccn2)c(C)n1-c1ccccc1F. The van der Waals surface area contributed by atoms with Crippen molar-refractivity contribution in [1.82, 2.24) is 9.55 Å². The molecule has 0 aliphatic rings. The van der Waals surface area contributed by atoms with Crippen LogP contribution in [-0.2, 0) is 0 Å². The molecule has 2 aromatic heterocycles. The topological polar surface area (TPSA) is 58.7 Å². The quantitative estimate of drug-likeness (QED) is 0.399. The van der Waals surface area contributed by atoms with Crippen molar-refractivity contribution in [2.45, 2.75) is 13.8 Å². The van der Waals surface area contributed by atoms with Crippen LogP contribution in [0.1, 0.15) is 27.4 Å². The highest BCUT2D eigenvalue weighted by Crippen LogP contribution is 2.25. The van der Waals surface area contributed by atoms with Crippen LogP contribution in [0.3, 0.4) is 0 Å². The van der Waals surface area contributed by atoms with E-state index < -0.39 is 5.78 Å². The normalized spacial score (nSPS) is 11.2. The highest BCUT2D eigenvalue weighted by Gasteiger charge is 2.21. The number of carbonyl (C=O) groups excluding carboxylic acids is 1. The van der Waals surface area contributed by atoms with Gasteiger partial charge in [-0.25, -0.2) is 4.39 Å². The lowest BCUT2D eigenvalue weighted by molar-refractivity contribution is 0.103. The molecule has 3 rings (SSSR count). The maximum absolute atomic E-state index is 14.2. The molecule has 4 nitrogen and oxygen atoms in total. The van der Waals surface area contributed by atoms with Gasteiger partial charge in [-0.3, -0.25) is 9.78 Å². The van der Waals surface area contributed by atoms with Gasteiger partial charge in [-0.1, -0.05) is 18.2 Å². The first kappa shape index (κ1) is 17.3. The second-order valence-electron chi connectivity index (χ2n) is 5.83. The first-order chi connectivity index (χ1) is 12.5. The number of benzene rings is 1. The fourth-order valence-corrected chi connectivity index (χ4v) is 2.90. The summed E-state index contributed by atoms with van der Waals surface area (Å²) in [6.45, 7) is 3.53. The lowest BCUT2D eigenvalue weighted by Gasteiger charge is -2.10. The van der Waals surface area contributed by atoms with Gasteiger partial charge in [-0.05, 0) is 50.3 Å². The number of hydrogen-bond acceptors (Lipinski definition) is 3. The van der Waals surface area contributed by atoms with Crippen molar-refractivity contribution in [1.29, 1.82) is 5.26 Å². The molecule has 0 amide bonds. The number of carbonyl (C=O) groups is 1. The van der Waals surface area contributed by atoms with Gasteiger partial charge in [0, 0.05) is 23.1 Å². The van der Waals surface area contributed by atoms with Gasteiger partial charge in [0.25, 0.3) is 0 Å². The summed E-state index contributed by atoms with van der Waals surface area (Å²) in [5.74, 6) is -0.785. The van der Waals surface area contributed by atoms with Crippen LogP contribution in [0.5, 0.6) is 0 Å². The van der Waals surface area contributed by atoms with E-state index in [1.54, 1.807) is 67.1 Å². The molecule has 1 aromatic carbocycles. The first-order valence-corrected chi connectivity index (χ1v) is 8.04. The van der Waals surface area contributed by atoms with Crippen LogP contribution >= 0.6 is 0 Å². The van der Waals surface area contributed by atoms with Crippen molar-refractivity contribution >= 4 is 11.9 Å². The fourth-order valence-electron chi connectivity index (χ4n) is 2.90. The molecular weight excluding hydrogens is 329 g/mol. The molecule has 5 heteroatoms. The predicted octanol–water partition coefficient (Wildman–Crippen LogP) is 4.42. The second-order valence-corrected chi connectivity index (χ2v) is 5.83. The van der Waals surface area contributed by atoms with E-state index in [9.17, 15) is 14.4 Å². The summed E-state index contributed by atoms with van der Waals surface area (Å²) in [7, 11) is 0. The molecule has 0 saturated heterocycles. The van der Waals surface area contributed by atoms with Crippen molar-refractivity contribution < 1.29 is 9.18 Å². The van der Waals surface area contributed by atoms with E-state index in [4.69, 9.17) is 0 Å². The number of para-hydroxylation sites is 1. The molecular formula is C21H16FN3O. The number of aromatic nitrogens is 2. The Morgan fingerprint density at radius 1 is 1.19 bits per heavy atom. The average molecular weight is 345 g/mol. The summed E-state index contributed by atoms with van der Waals surface area (Å²) in [6.07, 6.45) is 3.05. The number of halogens is 1. The second kappa shape index (κ2) is 7.16. The summed E-state index contributed by atoms with van der Waals surface area (Å²) in [5, 5.41) is 9.41. The van der Waals surface area contributed by atoms with Gasteiger partial charge in [-0.15, -0.1) is 0 Å². The monoisotopic (exact) mass is 345 g/mol. The van der Waals surface area contributed by atoms with Gasteiger partial charge in [-0.2, -0.15) is 5.26 Å². The van der Waals surface area contributed by atoms with Crippen LogP contribution in [-0.4, -0.2) is 15.3 Å². The fraction of sp³-hybridized carbons (Fsp3) is 0.0952. The van der Waals surface area contributed by atoms with E-state index in [-0.39, 0.29) is 11.4 Å². The molecule has 128 valence electrons. The number of rotatable bonds is 4. The number of Topliss-reactive ketones (excluding diaryl/α,β-unsaturated/α-hetero) is 1. The summed E-state index contributed by atoms with van der Waals surface area (Å²) >= 11 is 0. The van der Waals surface area contributed by atoms with E-state index in [0.717, 1.165) is 0 Å². The molecule has 0 bridgehead atoms. The molecule has 0 unspecified atom stereocenters. The van der Waals surface area contributed by atoms with Crippen molar-refractivity contribution in [2.75, 3.05) is 0 Å². The number of hydrogen-bond donors (Lipinski definition) is 0. The molecule has 0 radical (unpaired) electrons. The molecule has 3 aromatic rings. The summed E-state index contributed by atoms with van der Waals surface area (Å²) < 4.78 is 15.9. The van der Waals surface area contributed by atoms with Crippen LogP contribution in [0, 0.1) is 31.0 Å². The molecule has 0 spiro atoms. The van der Waals surface area contributed by atoms with Crippen molar-refractivity contribution in [2.24, 2.45) is 0 Å². The number of ketones is 1. The summed E-state index contributed by atoms with van der Waals surface area (Å²) in [5.41, 5.74) is 2.55. The average Bonchev–Trinajstić information content (AvgIpc) is 2.95. The van der Waals surface area contributed by atoms with Crippen molar-refractivity contribution in [3.05, 3.63) is 88.8 Å². The van der Waals surface area contributed by atoms with E-state index in [1.807, 2.05) is 6.07 Å². The Morgan fingerprint density at radius 2 is 1.92 bits per heavy atom. The van der Waals surface area contributed by atoms with Gasteiger partial charge in [0.1, 0.15) is 17.5 Å². The number of allylic oxidation sites excluding steroid dienone is 1. The molecule has 0 saturated carbocycles. The van der Waals surface area contributed by atoms with Gasteiger partial charge in [0.2, 0.25) is 5.78 Å². The van der Waals surface area contributed by atoms with Crippen molar-refractivity contribution in [3.8, 4) is 11.8 Å². The third kappa shape index (κ3) is 3.17. The molecule has 0 N–H and O–H groups in total. The number of aryl methyl sites for hydroxylation is 1. The Kier molecular flexibility index (Phi) is 4.76. The van der Waals surface area contributed by atoms with E-state index in [1.165, 1.54) is 12.1 Å². The zero-order chi connectivity index (χ0) is 18.7. The zero-order valence-corrected chi connectivity index (χ0v) is 14.4. The maximum Gasteiger partial charge on any atom is 0.205 e. The van der Waals surface area contributed by atoms with Gasteiger partial charge >= 0.3 is 0 Å². The number of nitriles is 1. The van der Waals surface area contributed by atoms with Crippen molar-refractivity contribution in [3.63, 3.8) is 0 Å². The Balaban J connectivity index is 2.07. The third-order valence-electron chi connectivity index (χ3n) is 4.11. The van der Waals surface area contributed by atoms with E-state index >= 15 is 0 Å². The Labute approximate surface area is 150 Å². The van der Waals surface area contributed by atoms with E-state index in [2.05, 4.69) is 4.98 Å². The van der Waals surface area contributed by atoms with Gasteiger partial charge in [0.05, 0.1) is 11.4 Å². The smallest absolute Gasteiger partial charge is 0.205 e.